The molecule has 0 aliphatic carbocycles. The average molecular weight is 359 g/mol. The zero-order chi connectivity index (χ0) is 16.2. The molecule has 1 amide bonds. The zero-order valence-corrected chi connectivity index (χ0v) is 14.4. The van der Waals surface area contributed by atoms with Gasteiger partial charge in [-0.2, -0.15) is 0 Å². The normalized spacial score (nSPS) is 11.0. The summed E-state index contributed by atoms with van der Waals surface area (Å²) in [6.07, 6.45) is -0.549. The van der Waals surface area contributed by atoms with Crippen LogP contribution < -0.4 is 4.90 Å². The van der Waals surface area contributed by atoms with Gasteiger partial charge < -0.3 is 9.47 Å². The van der Waals surface area contributed by atoms with Crippen molar-refractivity contribution in [3.8, 4) is 0 Å². The molecule has 1 heterocycles. The highest BCUT2D eigenvalue weighted by Gasteiger charge is 2.23. The Morgan fingerprint density at radius 3 is 2.48 bits per heavy atom. The van der Waals surface area contributed by atoms with Crippen LogP contribution >= 0.6 is 15.9 Å². The SMILES string of the molecule is CCOC(=O)c1nc(N(C)C(=O)OC(C)(C)C)ccc1Br. The first-order valence-corrected chi connectivity index (χ1v) is 7.25. The first kappa shape index (κ1) is 17.4. The van der Waals surface area contributed by atoms with Crippen molar-refractivity contribution < 1.29 is 19.1 Å². The molecule has 0 spiro atoms. The number of ether oxygens (including phenoxy) is 2. The summed E-state index contributed by atoms with van der Waals surface area (Å²) in [6, 6.07) is 3.24. The predicted octanol–water partition coefficient (Wildman–Crippen LogP) is 3.39. The minimum absolute atomic E-state index is 0.116. The van der Waals surface area contributed by atoms with Gasteiger partial charge in [0.25, 0.3) is 0 Å². The molecule has 6 nitrogen and oxygen atoms in total. The summed E-state index contributed by atoms with van der Waals surface area (Å²) in [5.74, 6) is -0.251. The third-order valence-electron chi connectivity index (χ3n) is 2.31. The minimum atomic E-state index is -0.606. The summed E-state index contributed by atoms with van der Waals surface area (Å²) in [6.45, 7) is 7.29. The van der Waals surface area contributed by atoms with E-state index in [2.05, 4.69) is 20.9 Å². The van der Waals surface area contributed by atoms with Gasteiger partial charge in [0, 0.05) is 7.05 Å². The van der Waals surface area contributed by atoms with Gasteiger partial charge >= 0.3 is 12.1 Å². The quantitative estimate of drug-likeness (QED) is 0.774. The molecular weight excluding hydrogens is 340 g/mol. The minimum Gasteiger partial charge on any atom is -0.461 e. The Morgan fingerprint density at radius 1 is 1.33 bits per heavy atom. The van der Waals surface area contributed by atoms with Crippen LogP contribution in [-0.2, 0) is 9.47 Å². The monoisotopic (exact) mass is 358 g/mol. The van der Waals surface area contributed by atoms with Crippen LogP contribution in [0, 0.1) is 0 Å². The Balaban J connectivity index is 3.01. The molecule has 0 N–H and O–H groups in total. The van der Waals surface area contributed by atoms with E-state index < -0.39 is 17.7 Å². The number of pyridine rings is 1. The molecule has 0 bridgehead atoms. The second kappa shape index (κ2) is 6.89. The fraction of sp³-hybridized carbons (Fsp3) is 0.500. The summed E-state index contributed by atoms with van der Waals surface area (Å²) in [4.78, 5) is 29.2. The highest BCUT2D eigenvalue weighted by Crippen LogP contribution is 2.21. The van der Waals surface area contributed by atoms with Crippen LogP contribution in [0.3, 0.4) is 0 Å². The fourth-order valence-corrected chi connectivity index (χ4v) is 1.77. The maximum absolute atomic E-state index is 12.0. The molecule has 0 fully saturated rings. The number of anilines is 1. The van der Waals surface area contributed by atoms with Crippen LogP contribution in [-0.4, -0.2) is 36.3 Å². The predicted molar refractivity (Wildman–Crippen MR) is 82.5 cm³/mol. The number of carbonyl (C=O) groups is 2. The summed E-state index contributed by atoms with van der Waals surface area (Å²) in [7, 11) is 1.53. The van der Waals surface area contributed by atoms with Gasteiger partial charge in [-0.3, -0.25) is 4.90 Å². The van der Waals surface area contributed by atoms with Crippen molar-refractivity contribution >= 4 is 33.8 Å². The van der Waals surface area contributed by atoms with Gasteiger partial charge in [-0.1, -0.05) is 0 Å². The largest absolute Gasteiger partial charge is 0.461 e. The first-order valence-electron chi connectivity index (χ1n) is 6.46. The molecule has 0 aromatic carbocycles. The van der Waals surface area contributed by atoms with Crippen molar-refractivity contribution in [3.63, 3.8) is 0 Å². The standard InChI is InChI=1S/C14H19BrN2O4/c1-6-20-12(18)11-9(15)7-8-10(16-11)17(5)13(19)21-14(2,3)4/h7-8H,6H2,1-5H3. The first-order chi connectivity index (χ1) is 9.65. The van der Waals surface area contributed by atoms with Crippen molar-refractivity contribution in [1.82, 2.24) is 4.98 Å². The zero-order valence-electron chi connectivity index (χ0n) is 12.8. The number of carbonyl (C=O) groups excluding carboxylic acids is 2. The number of aromatic nitrogens is 1. The van der Waals surface area contributed by atoms with Gasteiger partial charge in [0.05, 0.1) is 11.1 Å². The van der Waals surface area contributed by atoms with E-state index >= 15 is 0 Å². The summed E-state index contributed by atoms with van der Waals surface area (Å²) < 4.78 is 10.7. The number of hydrogen-bond donors (Lipinski definition) is 0. The highest BCUT2D eigenvalue weighted by molar-refractivity contribution is 9.10. The second-order valence-electron chi connectivity index (χ2n) is 5.26. The van der Waals surface area contributed by atoms with E-state index in [0.717, 1.165) is 0 Å². The smallest absolute Gasteiger partial charge is 0.415 e. The van der Waals surface area contributed by atoms with E-state index in [1.54, 1.807) is 39.8 Å². The van der Waals surface area contributed by atoms with Gasteiger partial charge in [0.1, 0.15) is 11.4 Å². The molecule has 7 heteroatoms. The fourth-order valence-electron chi connectivity index (χ4n) is 1.39. The Labute approximate surface area is 132 Å². The molecule has 0 atom stereocenters. The molecule has 21 heavy (non-hydrogen) atoms. The molecule has 1 rings (SSSR count). The van der Waals surface area contributed by atoms with Crippen molar-refractivity contribution in [2.75, 3.05) is 18.6 Å². The Hall–Kier alpha value is -1.63. The lowest BCUT2D eigenvalue weighted by atomic mass is 10.2. The molecule has 1 aromatic heterocycles. The maximum Gasteiger partial charge on any atom is 0.415 e. The molecule has 0 saturated heterocycles. The number of hydrogen-bond acceptors (Lipinski definition) is 5. The number of esters is 1. The molecule has 0 aliphatic heterocycles. The molecule has 0 unspecified atom stereocenters. The van der Waals surface area contributed by atoms with Crippen LogP contribution in [0.2, 0.25) is 0 Å². The molecule has 0 radical (unpaired) electrons. The number of rotatable bonds is 3. The van der Waals surface area contributed by atoms with Gasteiger partial charge in [-0.15, -0.1) is 0 Å². The van der Waals surface area contributed by atoms with E-state index in [0.29, 0.717) is 10.3 Å². The third-order valence-corrected chi connectivity index (χ3v) is 2.95. The maximum atomic E-state index is 12.0. The van der Waals surface area contributed by atoms with Crippen LogP contribution in [0.15, 0.2) is 16.6 Å². The Kier molecular flexibility index (Phi) is 5.71. The van der Waals surface area contributed by atoms with Crippen molar-refractivity contribution in [2.24, 2.45) is 0 Å². The van der Waals surface area contributed by atoms with Gasteiger partial charge in [0.15, 0.2) is 5.69 Å². The van der Waals surface area contributed by atoms with Gasteiger partial charge in [-0.05, 0) is 55.8 Å². The number of halogens is 1. The molecule has 0 aliphatic rings. The van der Waals surface area contributed by atoms with Crippen LogP contribution in [0.4, 0.5) is 10.6 Å². The average Bonchev–Trinajstić information content (AvgIpc) is 2.36. The summed E-state index contributed by atoms with van der Waals surface area (Å²) in [5.41, 5.74) is -0.491. The van der Waals surface area contributed by atoms with E-state index in [-0.39, 0.29) is 12.3 Å². The summed E-state index contributed by atoms with van der Waals surface area (Å²) in [5, 5.41) is 0. The molecule has 0 saturated carbocycles. The van der Waals surface area contributed by atoms with Crippen LogP contribution in [0.25, 0.3) is 0 Å². The third kappa shape index (κ3) is 5.00. The number of nitrogens with zero attached hydrogens (tertiary/aromatic N) is 2. The lowest BCUT2D eigenvalue weighted by Gasteiger charge is -2.24. The van der Waals surface area contributed by atoms with Crippen LogP contribution in [0.1, 0.15) is 38.2 Å². The van der Waals surface area contributed by atoms with Crippen molar-refractivity contribution in [2.45, 2.75) is 33.3 Å². The lowest BCUT2D eigenvalue weighted by molar-refractivity contribution is 0.0514. The van der Waals surface area contributed by atoms with E-state index in [1.165, 1.54) is 11.9 Å². The molecule has 116 valence electrons. The van der Waals surface area contributed by atoms with E-state index in [1.807, 2.05) is 0 Å². The Morgan fingerprint density at radius 2 is 1.95 bits per heavy atom. The Bertz CT molecular complexity index is 540. The van der Waals surface area contributed by atoms with Crippen molar-refractivity contribution in [3.05, 3.63) is 22.3 Å². The van der Waals surface area contributed by atoms with E-state index in [4.69, 9.17) is 9.47 Å². The number of amides is 1. The lowest BCUT2D eigenvalue weighted by Crippen LogP contribution is -2.34. The topological polar surface area (TPSA) is 68.7 Å². The van der Waals surface area contributed by atoms with Crippen LogP contribution in [0.5, 0.6) is 0 Å². The molecule has 1 aromatic rings. The highest BCUT2D eigenvalue weighted by atomic mass is 79.9. The van der Waals surface area contributed by atoms with E-state index in [9.17, 15) is 9.59 Å². The van der Waals surface area contributed by atoms with Gasteiger partial charge in [0.2, 0.25) is 0 Å². The summed E-state index contributed by atoms with van der Waals surface area (Å²) >= 11 is 3.24. The molecular formula is C14H19BrN2O4. The van der Waals surface area contributed by atoms with Crippen molar-refractivity contribution in [1.29, 1.82) is 0 Å². The second-order valence-corrected chi connectivity index (χ2v) is 6.11. The van der Waals surface area contributed by atoms with Gasteiger partial charge in [-0.25, -0.2) is 14.6 Å².